The van der Waals surface area contributed by atoms with Gasteiger partial charge in [-0.2, -0.15) is 13.2 Å². The summed E-state index contributed by atoms with van der Waals surface area (Å²) in [7, 11) is 0. The first-order valence-corrected chi connectivity index (χ1v) is 6.80. The van der Waals surface area contributed by atoms with Crippen molar-refractivity contribution in [3.8, 4) is 11.3 Å². The molecule has 0 aliphatic carbocycles. The van der Waals surface area contributed by atoms with E-state index in [9.17, 15) is 13.2 Å². The molecule has 0 fully saturated rings. The molecular weight excluding hydrogens is 413 g/mol. The lowest BCUT2D eigenvalue weighted by molar-refractivity contribution is -0.138. The average molecular weight is 418 g/mol. The van der Waals surface area contributed by atoms with Crippen LogP contribution in [0.4, 0.5) is 13.2 Å². The second kappa shape index (κ2) is 5.46. The second-order valence-electron chi connectivity index (χ2n) is 3.67. The largest absolute Gasteiger partial charge is 0.418 e. The van der Waals surface area contributed by atoms with Gasteiger partial charge in [-0.25, -0.2) is 0 Å². The number of halogens is 6. The summed E-state index contributed by atoms with van der Waals surface area (Å²) in [5.41, 5.74) is 0.152. The van der Waals surface area contributed by atoms with Crippen LogP contribution >= 0.6 is 45.8 Å². The van der Waals surface area contributed by atoms with Gasteiger partial charge >= 0.3 is 6.18 Å². The Kier molecular flexibility index (Phi) is 4.27. The maximum Gasteiger partial charge on any atom is 0.418 e. The van der Waals surface area contributed by atoms with Crippen LogP contribution < -0.4 is 0 Å². The van der Waals surface area contributed by atoms with E-state index in [2.05, 4.69) is 4.98 Å². The number of pyridine rings is 1. The zero-order chi connectivity index (χ0) is 14.2. The molecule has 2 rings (SSSR count). The summed E-state index contributed by atoms with van der Waals surface area (Å²) in [6, 6.07) is 6.09. The van der Waals surface area contributed by atoms with E-state index in [0.29, 0.717) is 21.3 Å². The number of rotatable bonds is 1. The molecule has 0 bridgehead atoms. The van der Waals surface area contributed by atoms with Crippen molar-refractivity contribution < 1.29 is 13.2 Å². The summed E-state index contributed by atoms with van der Waals surface area (Å²) in [5.74, 6) is 0. The Morgan fingerprint density at radius 1 is 1.11 bits per heavy atom. The van der Waals surface area contributed by atoms with Gasteiger partial charge in [-0.05, 0) is 46.9 Å². The number of hydrogen-bond acceptors (Lipinski definition) is 1. The molecule has 0 radical (unpaired) electrons. The van der Waals surface area contributed by atoms with Gasteiger partial charge in [-0.15, -0.1) is 0 Å². The van der Waals surface area contributed by atoms with Gasteiger partial charge in [0.25, 0.3) is 0 Å². The molecule has 0 spiro atoms. The molecule has 0 N–H and O–H groups in total. The van der Waals surface area contributed by atoms with Crippen LogP contribution in [-0.4, -0.2) is 4.98 Å². The third-order valence-electron chi connectivity index (χ3n) is 2.37. The fraction of sp³-hybridized carbons (Fsp3) is 0.0833. The zero-order valence-corrected chi connectivity index (χ0v) is 12.8. The van der Waals surface area contributed by atoms with E-state index in [0.717, 1.165) is 6.20 Å². The molecule has 2 aromatic rings. The van der Waals surface area contributed by atoms with Gasteiger partial charge in [-0.1, -0.05) is 23.2 Å². The van der Waals surface area contributed by atoms with Crippen LogP contribution in [0.1, 0.15) is 5.56 Å². The molecule has 1 aromatic heterocycles. The normalized spacial score (nSPS) is 11.7. The third-order valence-corrected chi connectivity index (χ3v) is 3.81. The molecule has 0 amide bonds. The van der Waals surface area contributed by atoms with E-state index in [1.807, 2.05) is 0 Å². The summed E-state index contributed by atoms with van der Waals surface area (Å²) in [6.45, 7) is 0. The number of benzene rings is 1. The van der Waals surface area contributed by atoms with Crippen molar-refractivity contribution in [1.29, 1.82) is 0 Å². The molecule has 1 aromatic carbocycles. The summed E-state index contributed by atoms with van der Waals surface area (Å²) < 4.78 is 38.0. The van der Waals surface area contributed by atoms with Crippen LogP contribution in [0.2, 0.25) is 10.0 Å². The predicted molar refractivity (Wildman–Crippen MR) is 77.4 cm³/mol. The minimum Gasteiger partial charge on any atom is -0.256 e. The lowest BCUT2D eigenvalue weighted by Crippen LogP contribution is -2.08. The Labute approximate surface area is 130 Å². The van der Waals surface area contributed by atoms with E-state index in [1.165, 1.54) is 12.1 Å². The zero-order valence-electron chi connectivity index (χ0n) is 9.10. The van der Waals surface area contributed by atoms with E-state index in [-0.39, 0.29) is 3.57 Å². The quantitative estimate of drug-likeness (QED) is 0.544. The number of aromatic nitrogens is 1. The molecule has 1 heterocycles. The molecule has 0 saturated heterocycles. The van der Waals surface area contributed by atoms with Gasteiger partial charge in [0, 0.05) is 20.4 Å². The highest BCUT2D eigenvalue weighted by Crippen LogP contribution is 2.35. The van der Waals surface area contributed by atoms with E-state index < -0.39 is 11.7 Å². The second-order valence-corrected chi connectivity index (χ2v) is 5.68. The molecule has 1 nitrogen and oxygen atoms in total. The monoisotopic (exact) mass is 417 g/mol. The Hall–Kier alpha value is -0.530. The predicted octanol–water partition coefficient (Wildman–Crippen LogP) is 5.68. The Morgan fingerprint density at radius 2 is 1.79 bits per heavy atom. The minimum atomic E-state index is -4.41. The van der Waals surface area contributed by atoms with Gasteiger partial charge in [0.15, 0.2) is 0 Å². The molecule has 7 heteroatoms. The van der Waals surface area contributed by atoms with Crippen LogP contribution in [-0.2, 0) is 6.18 Å². The minimum absolute atomic E-state index is 0.0705. The smallest absolute Gasteiger partial charge is 0.256 e. The van der Waals surface area contributed by atoms with E-state index in [1.54, 1.807) is 34.7 Å². The highest BCUT2D eigenvalue weighted by molar-refractivity contribution is 14.1. The van der Waals surface area contributed by atoms with Crippen LogP contribution in [0, 0.1) is 3.57 Å². The molecule has 0 saturated carbocycles. The first-order valence-electron chi connectivity index (χ1n) is 4.97. The molecular formula is C12H5Cl2F3IN. The first-order chi connectivity index (χ1) is 8.79. The van der Waals surface area contributed by atoms with Gasteiger partial charge < -0.3 is 0 Å². The van der Waals surface area contributed by atoms with E-state index in [4.69, 9.17) is 23.2 Å². The third kappa shape index (κ3) is 3.32. The SMILES string of the molecule is FC(F)(F)c1cnc(-c2ccc(Cl)cc2Cl)cc1I. The van der Waals surface area contributed by atoms with Gasteiger partial charge in [-0.3, -0.25) is 4.98 Å². The lowest BCUT2D eigenvalue weighted by atomic mass is 10.1. The van der Waals surface area contributed by atoms with Crippen molar-refractivity contribution in [1.82, 2.24) is 4.98 Å². The summed E-state index contributed by atoms with van der Waals surface area (Å²) in [5, 5.41) is 0.797. The summed E-state index contributed by atoms with van der Waals surface area (Å²) >= 11 is 13.4. The van der Waals surface area contributed by atoms with Crippen molar-refractivity contribution in [3.63, 3.8) is 0 Å². The highest BCUT2D eigenvalue weighted by Gasteiger charge is 2.33. The number of nitrogens with zero attached hydrogens (tertiary/aromatic N) is 1. The number of alkyl halides is 3. The van der Waals surface area contributed by atoms with Crippen molar-refractivity contribution >= 4 is 45.8 Å². The summed E-state index contributed by atoms with van der Waals surface area (Å²) in [6.07, 6.45) is -3.60. The summed E-state index contributed by atoms with van der Waals surface area (Å²) in [4.78, 5) is 3.81. The molecule has 0 unspecified atom stereocenters. The number of hydrogen-bond donors (Lipinski definition) is 0. The van der Waals surface area contributed by atoms with Gasteiger partial charge in [0.1, 0.15) is 0 Å². The van der Waals surface area contributed by atoms with Crippen molar-refractivity contribution in [2.75, 3.05) is 0 Å². The van der Waals surface area contributed by atoms with Crippen molar-refractivity contribution in [3.05, 3.63) is 49.6 Å². The lowest BCUT2D eigenvalue weighted by Gasteiger charge is -2.10. The Bertz CT molecular complexity index is 629. The van der Waals surface area contributed by atoms with Crippen LogP contribution in [0.5, 0.6) is 0 Å². The molecule has 19 heavy (non-hydrogen) atoms. The fourth-order valence-corrected chi connectivity index (χ4v) is 2.73. The molecule has 0 aliphatic rings. The van der Waals surface area contributed by atoms with Gasteiger partial charge in [0.05, 0.1) is 16.3 Å². The van der Waals surface area contributed by atoms with Crippen LogP contribution in [0.3, 0.4) is 0 Å². The molecule has 100 valence electrons. The van der Waals surface area contributed by atoms with E-state index >= 15 is 0 Å². The maximum atomic E-state index is 12.6. The van der Waals surface area contributed by atoms with Crippen molar-refractivity contribution in [2.45, 2.75) is 6.18 Å². The Balaban J connectivity index is 2.51. The fourth-order valence-electron chi connectivity index (χ4n) is 1.48. The van der Waals surface area contributed by atoms with Crippen LogP contribution in [0.15, 0.2) is 30.5 Å². The molecule has 0 aliphatic heterocycles. The molecule has 0 atom stereocenters. The van der Waals surface area contributed by atoms with Crippen molar-refractivity contribution in [2.24, 2.45) is 0 Å². The average Bonchev–Trinajstić information content (AvgIpc) is 2.26. The first kappa shape index (κ1) is 14.9. The standard InChI is InChI=1S/C12H5Cl2F3IN/c13-6-1-2-7(9(14)3-6)11-4-10(18)8(5-19-11)12(15,16)17/h1-5H. The van der Waals surface area contributed by atoms with Gasteiger partial charge in [0.2, 0.25) is 0 Å². The maximum absolute atomic E-state index is 12.6. The topological polar surface area (TPSA) is 12.9 Å². The van der Waals surface area contributed by atoms with Crippen LogP contribution in [0.25, 0.3) is 11.3 Å². The Morgan fingerprint density at radius 3 is 2.32 bits per heavy atom. The highest BCUT2D eigenvalue weighted by atomic mass is 127.